The van der Waals surface area contributed by atoms with Gasteiger partial charge in [0.05, 0.1) is 11.8 Å². The van der Waals surface area contributed by atoms with Crippen molar-refractivity contribution >= 4 is 0 Å². The van der Waals surface area contributed by atoms with Gasteiger partial charge in [-0.05, 0) is 25.5 Å². The Morgan fingerprint density at radius 3 is 2.26 bits per heavy atom. The second-order valence-corrected chi connectivity index (χ2v) is 6.65. The Hall–Kier alpha value is -1.09. The maximum absolute atomic E-state index is 5.76. The standard InChI is InChI=1S/C16H28N2O/c1-11(2)17-10-13-8-14(16(5,6)7)18-15(9-13)19-12(3)4/h8-9,11-12,17H,10H2,1-7H3. The van der Waals surface area contributed by atoms with Crippen molar-refractivity contribution in [2.45, 2.75) is 72.6 Å². The minimum absolute atomic E-state index is 0.0307. The summed E-state index contributed by atoms with van der Waals surface area (Å²) in [6.45, 7) is 15.7. The van der Waals surface area contributed by atoms with E-state index in [9.17, 15) is 0 Å². The van der Waals surface area contributed by atoms with Crippen LogP contribution in [0, 0.1) is 0 Å². The Morgan fingerprint density at radius 2 is 1.79 bits per heavy atom. The highest BCUT2D eigenvalue weighted by Gasteiger charge is 2.18. The first kappa shape index (κ1) is 16.0. The van der Waals surface area contributed by atoms with Crippen LogP contribution in [0.4, 0.5) is 0 Å². The van der Waals surface area contributed by atoms with Crippen molar-refractivity contribution in [2.24, 2.45) is 0 Å². The van der Waals surface area contributed by atoms with E-state index in [1.54, 1.807) is 0 Å². The monoisotopic (exact) mass is 264 g/mol. The number of hydrogen-bond donors (Lipinski definition) is 1. The number of nitrogens with zero attached hydrogens (tertiary/aromatic N) is 1. The molecule has 0 atom stereocenters. The topological polar surface area (TPSA) is 34.1 Å². The molecule has 0 unspecified atom stereocenters. The molecule has 0 amide bonds. The van der Waals surface area contributed by atoms with Gasteiger partial charge in [-0.1, -0.05) is 34.6 Å². The van der Waals surface area contributed by atoms with E-state index in [-0.39, 0.29) is 11.5 Å². The van der Waals surface area contributed by atoms with Crippen LogP contribution < -0.4 is 10.1 Å². The second kappa shape index (κ2) is 6.38. The van der Waals surface area contributed by atoms with Crippen LogP contribution in [-0.2, 0) is 12.0 Å². The molecule has 0 aromatic carbocycles. The third-order valence-corrected chi connectivity index (χ3v) is 2.70. The SMILES string of the molecule is CC(C)NCc1cc(OC(C)C)nc(C(C)(C)C)c1. The predicted octanol–water partition coefficient (Wildman–Crippen LogP) is 3.66. The highest BCUT2D eigenvalue weighted by atomic mass is 16.5. The van der Waals surface area contributed by atoms with Crippen LogP contribution in [0.5, 0.6) is 5.88 Å². The molecular formula is C16H28N2O. The molecule has 3 heteroatoms. The third-order valence-electron chi connectivity index (χ3n) is 2.70. The average Bonchev–Trinajstić information content (AvgIpc) is 2.24. The van der Waals surface area contributed by atoms with Gasteiger partial charge >= 0.3 is 0 Å². The number of aromatic nitrogens is 1. The molecule has 0 saturated heterocycles. The fourth-order valence-corrected chi connectivity index (χ4v) is 1.67. The molecule has 3 nitrogen and oxygen atoms in total. The summed E-state index contributed by atoms with van der Waals surface area (Å²) in [6, 6.07) is 4.67. The van der Waals surface area contributed by atoms with Crippen LogP contribution >= 0.6 is 0 Å². The van der Waals surface area contributed by atoms with E-state index in [1.165, 1.54) is 5.56 Å². The van der Waals surface area contributed by atoms with Gasteiger partial charge in [0.2, 0.25) is 5.88 Å². The van der Waals surface area contributed by atoms with Crippen molar-refractivity contribution in [2.75, 3.05) is 0 Å². The molecule has 1 aromatic heterocycles. The first-order chi connectivity index (χ1) is 8.68. The maximum Gasteiger partial charge on any atom is 0.214 e. The zero-order valence-electron chi connectivity index (χ0n) is 13.4. The summed E-state index contributed by atoms with van der Waals surface area (Å²) < 4.78 is 5.76. The van der Waals surface area contributed by atoms with Crippen LogP contribution in [-0.4, -0.2) is 17.1 Å². The molecule has 0 aliphatic rings. The number of hydrogen-bond acceptors (Lipinski definition) is 3. The van der Waals surface area contributed by atoms with E-state index in [1.807, 2.05) is 19.9 Å². The molecule has 0 aliphatic carbocycles. The van der Waals surface area contributed by atoms with Gasteiger partial charge in [-0.15, -0.1) is 0 Å². The average molecular weight is 264 g/mol. The lowest BCUT2D eigenvalue weighted by atomic mass is 9.91. The van der Waals surface area contributed by atoms with Crippen molar-refractivity contribution < 1.29 is 4.74 Å². The summed E-state index contributed by atoms with van der Waals surface area (Å²) in [5, 5.41) is 3.44. The minimum atomic E-state index is 0.0307. The van der Waals surface area contributed by atoms with Gasteiger partial charge in [0, 0.05) is 24.1 Å². The van der Waals surface area contributed by atoms with Gasteiger partial charge in [0.25, 0.3) is 0 Å². The number of rotatable bonds is 5. The molecule has 1 N–H and O–H groups in total. The Balaban J connectivity index is 3.02. The lowest BCUT2D eigenvalue weighted by molar-refractivity contribution is 0.230. The Bertz CT molecular complexity index is 406. The number of pyridine rings is 1. The number of nitrogens with one attached hydrogen (secondary N) is 1. The lowest BCUT2D eigenvalue weighted by Gasteiger charge is -2.21. The highest BCUT2D eigenvalue weighted by Crippen LogP contribution is 2.24. The molecular weight excluding hydrogens is 236 g/mol. The molecule has 0 radical (unpaired) electrons. The molecule has 108 valence electrons. The summed E-state index contributed by atoms with van der Waals surface area (Å²) in [7, 11) is 0. The molecule has 0 saturated carbocycles. The van der Waals surface area contributed by atoms with E-state index in [0.29, 0.717) is 6.04 Å². The van der Waals surface area contributed by atoms with Crippen molar-refractivity contribution in [3.63, 3.8) is 0 Å². The predicted molar refractivity (Wildman–Crippen MR) is 80.7 cm³/mol. The summed E-state index contributed by atoms with van der Waals surface area (Å²) in [5.74, 6) is 0.725. The minimum Gasteiger partial charge on any atom is -0.475 e. The van der Waals surface area contributed by atoms with E-state index in [4.69, 9.17) is 4.74 Å². The summed E-state index contributed by atoms with van der Waals surface area (Å²) in [5.41, 5.74) is 2.33. The fraction of sp³-hybridized carbons (Fsp3) is 0.688. The Labute approximate surface area is 117 Å². The molecule has 0 bridgehead atoms. The van der Waals surface area contributed by atoms with Crippen LogP contribution in [0.3, 0.4) is 0 Å². The Morgan fingerprint density at radius 1 is 1.16 bits per heavy atom. The van der Waals surface area contributed by atoms with Gasteiger partial charge in [0.1, 0.15) is 0 Å². The van der Waals surface area contributed by atoms with Crippen molar-refractivity contribution in [1.82, 2.24) is 10.3 Å². The van der Waals surface area contributed by atoms with Gasteiger partial charge in [-0.2, -0.15) is 0 Å². The molecule has 0 spiro atoms. The van der Waals surface area contributed by atoms with Crippen LogP contribution in [0.2, 0.25) is 0 Å². The van der Waals surface area contributed by atoms with E-state index >= 15 is 0 Å². The molecule has 19 heavy (non-hydrogen) atoms. The first-order valence-corrected chi connectivity index (χ1v) is 7.10. The van der Waals surface area contributed by atoms with Crippen molar-refractivity contribution in [3.8, 4) is 5.88 Å². The van der Waals surface area contributed by atoms with Gasteiger partial charge in [-0.3, -0.25) is 0 Å². The smallest absolute Gasteiger partial charge is 0.214 e. The number of ether oxygens (including phenoxy) is 1. The van der Waals surface area contributed by atoms with Crippen molar-refractivity contribution in [3.05, 3.63) is 23.4 Å². The molecule has 1 aromatic rings. The lowest BCUT2D eigenvalue weighted by Crippen LogP contribution is -2.23. The second-order valence-electron chi connectivity index (χ2n) is 6.65. The summed E-state index contributed by atoms with van der Waals surface area (Å²) in [4.78, 5) is 4.62. The van der Waals surface area contributed by atoms with E-state index in [0.717, 1.165) is 18.1 Å². The molecule has 1 rings (SSSR count). The van der Waals surface area contributed by atoms with Gasteiger partial charge in [0.15, 0.2) is 0 Å². The largest absolute Gasteiger partial charge is 0.475 e. The zero-order chi connectivity index (χ0) is 14.6. The van der Waals surface area contributed by atoms with Gasteiger partial charge < -0.3 is 10.1 Å². The normalized spacial score (nSPS) is 12.3. The fourth-order valence-electron chi connectivity index (χ4n) is 1.67. The van der Waals surface area contributed by atoms with Crippen LogP contribution in [0.15, 0.2) is 12.1 Å². The maximum atomic E-state index is 5.76. The zero-order valence-corrected chi connectivity index (χ0v) is 13.4. The van der Waals surface area contributed by atoms with E-state index in [2.05, 4.69) is 51.0 Å². The van der Waals surface area contributed by atoms with Crippen LogP contribution in [0.25, 0.3) is 0 Å². The van der Waals surface area contributed by atoms with Crippen LogP contribution in [0.1, 0.15) is 59.7 Å². The molecule has 0 fully saturated rings. The Kier molecular flexibility index (Phi) is 5.36. The first-order valence-electron chi connectivity index (χ1n) is 7.10. The quantitative estimate of drug-likeness (QED) is 0.881. The van der Waals surface area contributed by atoms with Gasteiger partial charge in [-0.25, -0.2) is 4.98 Å². The summed E-state index contributed by atoms with van der Waals surface area (Å²) >= 11 is 0. The highest BCUT2D eigenvalue weighted by molar-refractivity contribution is 5.28. The van der Waals surface area contributed by atoms with E-state index < -0.39 is 0 Å². The summed E-state index contributed by atoms with van der Waals surface area (Å²) in [6.07, 6.45) is 0.147. The van der Waals surface area contributed by atoms with Crippen molar-refractivity contribution in [1.29, 1.82) is 0 Å². The molecule has 0 aliphatic heterocycles. The third kappa shape index (κ3) is 5.60. The molecule has 1 heterocycles.